The molecule has 0 unspecified atom stereocenters. The number of nitrogens with zero attached hydrogens (tertiary/aromatic N) is 2. The number of hydrogen-bond donors (Lipinski definition) is 3. The van der Waals surface area contributed by atoms with Crippen LogP contribution in [0.5, 0.6) is 0 Å². The lowest BCUT2D eigenvalue weighted by molar-refractivity contribution is -0.138. The van der Waals surface area contributed by atoms with Gasteiger partial charge in [-0.1, -0.05) is 62.9 Å². The third-order valence-electron chi connectivity index (χ3n) is 7.69. The van der Waals surface area contributed by atoms with Gasteiger partial charge < -0.3 is 20.9 Å². The fourth-order valence-corrected chi connectivity index (χ4v) is 6.31. The van der Waals surface area contributed by atoms with Crippen molar-refractivity contribution in [1.29, 1.82) is 0 Å². The molecule has 218 valence electrons. The average Bonchev–Trinajstić information content (AvgIpc) is 3.53. The molecule has 4 rings (SSSR count). The van der Waals surface area contributed by atoms with Crippen LogP contribution in [-0.4, -0.2) is 94.1 Å². The first-order chi connectivity index (χ1) is 19.2. The smallest absolute Gasteiger partial charge is 0.245 e. The van der Waals surface area contributed by atoms with Gasteiger partial charge in [0.2, 0.25) is 23.6 Å². The predicted molar refractivity (Wildman–Crippen MR) is 153 cm³/mol. The van der Waals surface area contributed by atoms with Crippen LogP contribution in [-0.2, 0) is 30.4 Å². The van der Waals surface area contributed by atoms with Crippen LogP contribution in [0.4, 0.5) is 0 Å². The Morgan fingerprint density at radius 3 is 2.50 bits per heavy atom. The maximum Gasteiger partial charge on any atom is 0.245 e. The zero-order chi connectivity index (χ0) is 28.8. The van der Waals surface area contributed by atoms with E-state index in [1.807, 2.05) is 56.0 Å². The lowest BCUT2D eigenvalue weighted by atomic mass is 10.00. The molecule has 0 aliphatic carbocycles. The Labute approximate surface area is 240 Å². The molecule has 1 aromatic carbocycles. The summed E-state index contributed by atoms with van der Waals surface area (Å²) < 4.78 is 0. The van der Waals surface area contributed by atoms with Crippen molar-refractivity contribution in [3.63, 3.8) is 0 Å². The monoisotopic (exact) mass is 571 g/mol. The molecule has 3 saturated heterocycles. The Morgan fingerprint density at radius 1 is 1.07 bits per heavy atom. The SMILES string of the molecule is CCSC(=O)CCNC(=O)[C@H]1[C@@H]2CN2C(=O)[C@H](CC(C)C)NC(=O)[C@H](Cc2ccccc2)NC(=O)[C@@H]2CCCN21. The first-order valence-corrected chi connectivity index (χ1v) is 15.3. The number of nitrogens with one attached hydrogen (secondary N) is 3. The van der Waals surface area contributed by atoms with Crippen LogP contribution in [0, 0.1) is 5.92 Å². The molecule has 0 aromatic heterocycles. The van der Waals surface area contributed by atoms with Gasteiger partial charge in [-0.2, -0.15) is 0 Å². The summed E-state index contributed by atoms with van der Waals surface area (Å²) in [6.07, 6.45) is 2.23. The molecule has 5 atom stereocenters. The van der Waals surface area contributed by atoms with Gasteiger partial charge in [-0.25, -0.2) is 0 Å². The topological polar surface area (TPSA) is 128 Å². The maximum absolute atomic E-state index is 13.7. The highest BCUT2D eigenvalue weighted by Crippen LogP contribution is 2.32. The van der Waals surface area contributed by atoms with Crippen LogP contribution in [0.25, 0.3) is 0 Å². The second-order valence-corrected chi connectivity index (χ2v) is 12.5. The van der Waals surface area contributed by atoms with E-state index in [0.717, 1.165) is 12.0 Å². The summed E-state index contributed by atoms with van der Waals surface area (Å²) in [6.45, 7) is 7.00. The van der Waals surface area contributed by atoms with E-state index in [9.17, 15) is 24.0 Å². The Kier molecular flexibility index (Phi) is 10.2. The van der Waals surface area contributed by atoms with Crippen molar-refractivity contribution in [1.82, 2.24) is 25.8 Å². The predicted octanol–water partition coefficient (Wildman–Crippen LogP) is 1.09. The molecule has 1 aromatic rings. The standard InChI is InChI=1S/C29H41N5O5S/c1-4-40-24(35)12-13-30-28(38)25-23-17-34(23)29(39)21(15-18(2)3)32-26(36)20(16-19-9-6-5-7-10-19)31-27(37)22-11-8-14-33(22)25/h5-7,9-10,18,20-23,25H,4,8,11-17H2,1-3H3,(H,30,38)(H,31,37)(H,32,36)/t20-,21-,22-,23-,25+,34?/m0/s1. The summed E-state index contributed by atoms with van der Waals surface area (Å²) in [5.74, 6) is -0.345. The zero-order valence-electron chi connectivity index (χ0n) is 23.6. The largest absolute Gasteiger partial charge is 0.354 e. The summed E-state index contributed by atoms with van der Waals surface area (Å²) in [4.78, 5) is 69.9. The fraction of sp³-hybridized carbons (Fsp3) is 0.621. The van der Waals surface area contributed by atoms with Crippen molar-refractivity contribution in [2.75, 3.05) is 25.4 Å². The van der Waals surface area contributed by atoms with Crippen LogP contribution >= 0.6 is 11.8 Å². The van der Waals surface area contributed by atoms with Crippen molar-refractivity contribution in [3.05, 3.63) is 35.9 Å². The minimum atomic E-state index is -0.862. The maximum atomic E-state index is 13.7. The minimum absolute atomic E-state index is 0.0138. The minimum Gasteiger partial charge on any atom is -0.354 e. The second-order valence-electron chi connectivity index (χ2n) is 11.2. The molecule has 3 aliphatic rings. The van der Waals surface area contributed by atoms with Crippen LogP contribution in [0.15, 0.2) is 30.3 Å². The first kappa shape index (κ1) is 30.0. The van der Waals surface area contributed by atoms with Gasteiger partial charge >= 0.3 is 0 Å². The molecule has 10 nitrogen and oxygen atoms in total. The van der Waals surface area contributed by atoms with Gasteiger partial charge in [-0.3, -0.25) is 28.9 Å². The third-order valence-corrected chi connectivity index (χ3v) is 8.51. The van der Waals surface area contributed by atoms with Gasteiger partial charge in [-0.05, 0) is 43.0 Å². The summed E-state index contributed by atoms with van der Waals surface area (Å²) >= 11 is 1.22. The number of thioether (sulfide) groups is 1. The molecule has 3 N–H and O–H groups in total. The van der Waals surface area contributed by atoms with Gasteiger partial charge in [0.15, 0.2) is 5.12 Å². The number of rotatable bonds is 9. The molecule has 0 bridgehead atoms. The fourth-order valence-electron chi connectivity index (χ4n) is 5.75. The van der Waals surface area contributed by atoms with E-state index >= 15 is 0 Å². The second kappa shape index (κ2) is 13.6. The summed E-state index contributed by atoms with van der Waals surface area (Å²) in [6, 6.07) is 6.14. The van der Waals surface area contributed by atoms with Crippen molar-refractivity contribution < 1.29 is 24.0 Å². The zero-order valence-corrected chi connectivity index (χ0v) is 24.4. The normalized spacial score (nSPS) is 27.1. The average molecular weight is 572 g/mol. The number of carbonyl (C=O) groups is 5. The highest BCUT2D eigenvalue weighted by atomic mass is 32.2. The van der Waals surface area contributed by atoms with Crippen LogP contribution in [0.2, 0.25) is 0 Å². The van der Waals surface area contributed by atoms with Gasteiger partial charge in [0.1, 0.15) is 18.1 Å². The van der Waals surface area contributed by atoms with Gasteiger partial charge in [0, 0.05) is 25.9 Å². The van der Waals surface area contributed by atoms with Crippen molar-refractivity contribution in [2.24, 2.45) is 5.92 Å². The highest BCUT2D eigenvalue weighted by molar-refractivity contribution is 8.13. The molecular weight excluding hydrogens is 530 g/mol. The summed E-state index contributed by atoms with van der Waals surface area (Å²) in [7, 11) is 0. The Morgan fingerprint density at radius 2 is 1.80 bits per heavy atom. The number of carbonyl (C=O) groups excluding carboxylic acids is 5. The van der Waals surface area contributed by atoms with Gasteiger partial charge in [-0.15, -0.1) is 0 Å². The van der Waals surface area contributed by atoms with E-state index in [1.54, 1.807) is 4.90 Å². The van der Waals surface area contributed by atoms with Crippen LogP contribution in [0.1, 0.15) is 52.0 Å². The van der Waals surface area contributed by atoms with Crippen molar-refractivity contribution in [3.8, 4) is 0 Å². The van der Waals surface area contributed by atoms with E-state index in [2.05, 4.69) is 16.0 Å². The third kappa shape index (κ3) is 7.42. The Hall–Kier alpha value is -2.92. The van der Waals surface area contributed by atoms with E-state index < -0.39 is 30.2 Å². The van der Waals surface area contributed by atoms with Gasteiger partial charge in [0.25, 0.3) is 0 Å². The number of fused-ring (bicyclic) bond motifs is 2. The molecule has 11 heteroatoms. The van der Waals surface area contributed by atoms with Crippen LogP contribution in [0.3, 0.4) is 0 Å². The van der Waals surface area contributed by atoms with E-state index in [1.165, 1.54) is 11.8 Å². The molecular formula is C29H41N5O5S. The molecule has 3 aliphatic heterocycles. The Bertz CT molecular complexity index is 1100. The molecule has 4 amide bonds. The Balaban J connectivity index is 1.61. The number of amides is 4. The molecule has 40 heavy (non-hydrogen) atoms. The molecule has 3 fully saturated rings. The van der Waals surface area contributed by atoms with E-state index in [4.69, 9.17) is 0 Å². The summed E-state index contributed by atoms with van der Waals surface area (Å²) in [5.41, 5.74) is 0.893. The highest BCUT2D eigenvalue weighted by Gasteiger charge is 2.54. The summed E-state index contributed by atoms with van der Waals surface area (Å²) in [5, 5.41) is 8.79. The molecule has 0 spiro atoms. The lowest BCUT2D eigenvalue weighted by Crippen LogP contribution is -2.61. The molecule has 0 saturated carbocycles. The number of benzene rings is 1. The first-order valence-electron chi connectivity index (χ1n) is 14.3. The van der Waals surface area contributed by atoms with Crippen molar-refractivity contribution in [2.45, 2.75) is 83.1 Å². The molecule has 0 radical (unpaired) electrons. The lowest BCUT2D eigenvalue weighted by Gasteiger charge is -2.34. The van der Waals surface area contributed by atoms with Gasteiger partial charge in [0.05, 0.1) is 12.1 Å². The number of hydrogen-bond acceptors (Lipinski definition) is 7. The van der Waals surface area contributed by atoms with E-state index in [0.29, 0.717) is 31.7 Å². The van der Waals surface area contributed by atoms with Crippen LogP contribution < -0.4 is 16.0 Å². The quantitative estimate of drug-likeness (QED) is 0.379. The molecule has 3 heterocycles. The van der Waals surface area contributed by atoms with Crippen molar-refractivity contribution >= 4 is 40.5 Å². The van der Waals surface area contributed by atoms with E-state index in [-0.39, 0.29) is 54.0 Å².